The lowest BCUT2D eigenvalue weighted by Gasteiger charge is -2.33. The second-order valence-corrected chi connectivity index (χ2v) is 7.28. The number of nitrogens with one attached hydrogen (secondary N) is 1. The van der Waals surface area contributed by atoms with Gasteiger partial charge in [-0.3, -0.25) is 4.90 Å². The zero-order valence-electron chi connectivity index (χ0n) is 14.9. The predicted molar refractivity (Wildman–Crippen MR) is 95.3 cm³/mol. The molecule has 1 unspecified atom stereocenters. The lowest BCUT2D eigenvalue weighted by Crippen LogP contribution is -2.42. The molecule has 2 aromatic rings. The highest BCUT2D eigenvalue weighted by Gasteiger charge is 2.21. The lowest BCUT2D eigenvalue weighted by atomic mass is 10.0. The number of piperidine rings is 1. The van der Waals surface area contributed by atoms with Gasteiger partial charge in [0, 0.05) is 43.6 Å². The Morgan fingerprint density at radius 2 is 2.12 bits per heavy atom. The van der Waals surface area contributed by atoms with Crippen molar-refractivity contribution in [1.29, 1.82) is 0 Å². The van der Waals surface area contributed by atoms with E-state index in [0.29, 0.717) is 11.6 Å². The molecule has 136 valence electrons. The highest BCUT2D eigenvalue weighted by Crippen LogP contribution is 2.20. The summed E-state index contributed by atoms with van der Waals surface area (Å²) in [7, 11) is 0. The molecule has 1 N–H and O–H groups in total. The first-order valence-electron chi connectivity index (χ1n) is 8.94. The molecule has 1 aliphatic rings. The first kappa shape index (κ1) is 17.9. The predicted octanol–water partition coefficient (Wildman–Crippen LogP) is 3.89. The van der Waals surface area contributed by atoms with Crippen LogP contribution < -0.4 is 5.32 Å². The molecule has 1 atom stereocenters. The van der Waals surface area contributed by atoms with Crippen molar-refractivity contribution in [3.8, 4) is 0 Å². The van der Waals surface area contributed by atoms with Crippen molar-refractivity contribution in [2.75, 3.05) is 18.4 Å². The summed E-state index contributed by atoms with van der Waals surface area (Å²) in [6.07, 6.45) is 5.95. The van der Waals surface area contributed by atoms with Gasteiger partial charge in [0.25, 0.3) is 0 Å². The molecule has 2 heterocycles. The molecule has 1 fully saturated rings. The summed E-state index contributed by atoms with van der Waals surface area (Å²) < 4.78 is 28.7. The normalized spacial score (nSPS) is 18.7. The Bertz CT molecular complexity index is 698. The van der Waals surface area contributed by atoms with Gasteiger partial charge < -0.3 is 9.88 Å². The fourth-order valence-corrected chi connectivity index (χ4v) is 3.41. The molecule has 0 saturated carbocycles. The molecule has 1 aliphatic heterocycles. The number of hydrogen-bond acceptors (Lipinski definition) is 3. The van der Waals surface area contributed by atoms with E-state index in [1.807, 2.05) is 12.5 Å². The highest BCUT2D eigenvalue weighted by atomic mass is 19.2. The summed E-state index contributed by atoms with van der Waals surface area (Å²) >= 11 is 0. The minimum absolute atomic E-state index is 0.236. The summed E-state index contributed by atoms with van der Waals surface area (Å²) in [6, 6.07) is 4.23. The number of halogens is 2. The Morgan fingerprint density at radius 3 is 2.88 bits per heavy atom. The van der Waals surface area contributed by atoms with E-state index in [1.54, 1.807) is 6.07 Å². The van der Waals surface area contributed by atoms with Crippen molar-refractivity contribution in [2.45, 2.75) is 45.8 Å². The van der Waals surface area contributed by atoms with E-state index in [0.717, 1.165) is 39.0 Å². The van der Waals surface area contributed by atoms with Gasteiger partial charge in [-0.2, -0.15) is 0 Å². The molecule has 0 aliphatic carbocycles. The van der Waals surface area contributed by atoms with Crippen molar-refractivity contribution >= 4 is 5.69 Å². The minimum Gasteiger partial charge on any atom is -0.381 e. The molecule has 0 radical (unpaired) electrons. The van der Waals surface area contributed by atoms with Gasteiger partial charge in [-0.05, 0) is 37.4 Å². The van der Waals surface area contributed by atoms with Crippen LogP contribution in [0.4, 0.5) is 14.5 Å². The number of nitrogens with zero attached hydrogens (tertiary/aromatic N) is 3. The molecule has 0 amide bonds. The lowest BCUT2D eigenvalue weighted by molar-refractivity contribution is 0.203. The Balaban J connectivity index is 1.59. The van der Waals surface area contributed by atoms with Crippen LogP contribution in [0.2, 0.25) is 0 Å². The SMILES string of the molecule is CC(C)Cn1cncc1CN1CCCC(Nc2ccc(F)c(F)c2)C1. The van der Waals surface area contributed by atoms with Gasteiger partial charge in [0.2, 0.25) is 0 Å². The van der Waals surface area contributed by atoms with E-state index < -0.39 is 11.6 Å². The fraction of sp³-hybridized carbons (Fsp3) is 0.526. The zero-order chi connectivity index (χ0) is 17.8. The van der Waals surface area contributed by atoms with Gasteiger partial charge >= 0.3 is 0 Å². The molecular formula is C19H26F2N4. The summed E-state index contributed by atoms with van der Waals surface area (Å²) in [4.78, 5) is 6.69. The molecule has 0 spiro atoms. The molecule has 3 rings (SSSR count). The van der Waals surface area contributed by atoms with Gasteiger partial charge in [0.1, 0.15) is 0 Å². The van der Waals surface area contributed by atoms with Crippen molar-refractivity contribution in [1.82, 2.24) is 14.5 Å². The molecular weight excluding hydrogens is 322 g/mol. The van der Waals surface area contributed by atoms with E-state index in [-0.39, 0.29) is 6.04 Å². The van der Waals surface area contributed by atoms with Gasteiger partial charge in [-0.25, -0.2) is 13.8 Å². The van der Waals surface area contributed by atoms with Crippen LogP contribution in [0, 0.1) is 17.6 Å². The third kappa shape index (κ3) is 4.78. The monoisotopic (exact) mass is 348 g/mol. The molecule has 0 bridgehead atoms. The Hall–Kier alpha value is -1.95. The van der Waals surface area contributed by atoms with E-state index in [4.69, 9.17) is 0 Å². The Kier molecular flexibility index (Phi) is 5.68. The van der Waals surface area contributed by atoms with Crippen LogP contribution >= 0.6 is 0 Å². The molecule has 4 nitrogen and oxygen atoms in total. The van der Waals surface area contributed by atoms with Gasteiger partial charge in [0.15, 0.2) is 11.6 Å². The van der Waals surface area contributed by atoms with Crippen LogP contribution in [-0.4, -0.2) is 33.6 Å². The number of benzene rings is 1. The van der Waals surface area contributed by atoms with E-state index in [9.17, 15) is 8.78 Å². The molecule has 1 aromatic carbocycles. The van der Waals surface area contributed by atoms with Crippen molar-refractivity contribution in [3.05, 3.63) is 48.1 Å². The summed E-state index contributed by atoms with van der Waals surface area (Å²) in [5.74, 6) is -1.04. The number of imidazole rings is 1. The Morgan fingerprint density at radius 1 is 1.28 bits per heavy atom. The second kappa shape index (κ2) is 7.95. The minimum atomic E-state index is -0.811. The largest absolute Gasteiger partial charge is 0.381 e. The smallest absolute Gasteiger partial charge is 0.160 e. The first-order valence-corrected chi connectivity index (χ1v) is 8.94. The third-order valence-electron chi connectivity index (χ3n) is 4.54. The summed E-state index contributed by atoms with van der Waals surface area (Å²) in [5, 5.41) is 3.33. The topological polar surface area (TPSA) is 33.1 Å². The standard InChI is InChI=1S/C19H26F2N4/c1-14(2)10-25-13-22-9-17(25)12-24-7-3-4-16(11-24)23-15-5-6-18(20)19(21)8-15/h5-6,8-9,13-14,16,23H,3-4,7,10-12H2,1-2H3. The first-order chi connectivity index (χ1) is 12.0. The van der Waals surface area contributed by atoms with Crippen LogP contribution in [0.5, 0.6) is 0 Å². The van der Waals surface area contributed by atoms with E-state index in [2.05, 4.69) is 33.6 Å². The van der Waals surface area contributed by atoms with Gasteiger partial charge in [0.05, 0.1) is 12.0 Å². The maximum atomic E-state index is 13.4. The van der Waals surface area contributed by atoms with Crippen molar-refractivity contribution in [3.63, 3.8) is 0 Å². The summed E-state index contributed by atoms with van der Waals surface area (Å²) in [6.45, 7) is 8.16. The molecule has 1 saturated heterocycles. The maximum Gasteiger partial charge on any atom is 0.160 e. The summed E-state index contributed by atoms with van der Waals surface area (Å²) in [5.41, 5.74) is 1.86. The number of anilines is 1. The van der Waals surface area contributed by atoms with Crippen LogP contribution in [0.1, 0.15) is 32.4 Å². The molecule has 6 heteroatoms. The number of rotatable bonds is 6. The fourth-order valence-electron chi connectivity index (χ4n) is 3.41. The molecule has 1 aromatic heterocycles. The zero-order valence-corrected chi connectivity index (χ0v) is 14.9. The van der Waals surface area contributed by atoms with Gasteiger partial charge in [-0.1, -0.05) is 13.8 Å². The average molecular weight is 348 g/mol. The van der Waals surface area contributed by atoms with Gasteiger partial charge in [-0.15, -0.1) is 0 Å². The van der Waals surface area contributed by atoms with E-state index in [1.165, 1.54) is 17.8 Å². The van der Waals surface area contributed by atoms with Crippen LogP contribution in [0.3, 0.4) is 0 Å². The van der Waals surface area contributed by atoms with Crippen LogP contribution in [0.25, 0.3) is 0 Å². The second-order valence-electron chi connectivity index (χ2n) is 7.28. The van der Waals surface area contributed by atoms with Crippen LogP contribution in [0.15, 0.2) is 30.7 Å². The third-order valence-corrected chi connectivity index (χ3v) is 4.54. The Labute approximate surface area is 147 Å². The maximum absolute atomic E-state index is 13.4. The number of aromatic nitrogens is 2. The molecule has 25 heavy (non-hydrogen) atoms. The van der Waals surface area contributed by atoms with E-state index >= 15 is 0 Å². The van der Waals surface area contributed by atoms with Crippen molar-refractivity contribution in [2.24, 2.45) is 5.92 Å². The highest BCUT2D eigenvalue weighted by molar-refractivity contribution is 5.44. The quantitative estimate of drug-likeness (QED) is 0.860. The number of hydrogen-bond donors (Lipinski definition) is 1. The number of likely N-dealkylation sites (tertiary alicyclic amines) is 1. The van der Waals surface area contributed by atoms with Crippen LogP contribution in [-0.2, 0) is 13.1 Å². The average Bonchev–Trinajstić information content (AvgIpc) is 2.97. The van der Waals surface area contributed by atoms with Crippen molar-refractivity contribution < 1.29 is 8.78 Å².